The molecule has 0 aromatic heterocycles. The minimum atomic E-state index is -2.84. The first-order valence-electron chi connectivity index (χ1n) is 6.68. The number of hydrogen-bond donors (Lipinski definition) is 1. The van der Waals surface area contributed by atoms with Crippen molar-refractivity contribution in [2.75, 3.05) is 0 Å². The fourth-order valence-corrected chi connectivity index (χ4v) is 2.24. The lowest BCUT2D eigenvalue weighted by Gasteiger charge is -2.16. The minimum absolute atomic E-state index is 0.100. The molecule has 0 radical (unpaired) electrons. The monoisotopic (exact) mass is 329 g/mol. The normalized spacial score (nSPS) is 12.5. The van der Waals surface area contributed by atoms with Crippen LogP contribution in [-0.4, -0.2) is 6.61 Å². The average molecular weight is 330 g/mol. The molecule has 6 heteroatoms. The molecule has 2 nitrogen and oxygen atoms in total. The molecular formula is C16H15ClF3NO. The largest absolute Gasteiger partial charge is 0.435 e. The first kappa shape index (κ1) is 16.6. The molecule has 0 fully saturated rings. The fourth-order valence-electron chi connectivity index (χ4n) is 2.01. The number of alkyl halides is 2. The van der Waals surface area contributed by atoms with Gasteiger partial charge >= 0.3 is 6.61 Å². The Morgan fingerprint density at radius 2 is 1.82 bits per heavy atom. The lowest BCUT2D eigenvalue weighted by atomic mass is 10.1. The summed E-state index contributed by atoms with van der Waals surface area (Å²) < 4.78 is 42.1. The van der Waals surface area contributed by atoms with Crippen LogP contribution in [0.4, 0.5) is 13.2 Å². The maximum Gasteiger partial charge on any atom is 0.387 e. The Balaban J connectivity index is 1.99. The maximum atomic E-state index is 13.7. The molecule has 0 saturated carbocycles. The van der Waals surface area contributed by atoms with Gasteiger partial charge in [-0.3, -0.25) is 0 Å². The standard InChI is InChI=1S/C16H15ClF3NO/c1-10(11-5-7-12(8-6-11)22-16(19)20)21-9-13-14(17)3-2-4-15(13)18/h2-8,10,16,21H,9H2,1H3. The summed E-state index contributed by atoms with van der Waals surface area (Å²) in [7, 11) is 0. The molecule has 0 amide bonds. The van der Waals surface area contributed by atoms with Crippen LogP contribution in [0.15, 0.2) is 42.5 Å². The molecular weight excluding hydrogens is 315 g/mol. The predicted molar refractivity (Wildman–Crippen MR) is 79.7 cm³/mol. The van der Waals surface area contributed by atoms with E-state index < -0.39 is 6.61 Å². The van der Waals surface area contributed by atoms with Gasteiger partial charge in [-0.2, -0.15) is 8.78 Å². The van der Waals surface area contributed by atoms with Crippen molar-refractivity contribution >= 4 is 11.6 Å². The number of halogens is 4. The first-order valence-corrected chi connectivity index (χ1v) is 7.06. The van der Waals surface area contributed by atoms with Crippen molar-refractivity contribution in [2.45, 2.75) is 26.1 Å². The SMILES string of the molecule is CC(NCc1c(F)cccc1Cl)c1ccc(OC(F)F)cc1. The molecule has 0 heterocycles. The Morgan fingerprint density at radius 3 is 2.41 bits per heavy atom. The van der Waals surface area contributed by atoms with E-state index in [9.17, 15) is 13.2 Å². The van der Waals surface area contributed by atoms with E-state index >= 15 is 0 Å². The topological polar surface area (TPSA) is 21.3 Å². The van der Waals surface area contributed by atoms with Crippen molar-refractivity contribution < 1.29 is 17.9 Å². The third-order valence-electron chi connectivity index (χ3n) is 3.25. The third kappa shape index (κ3) is 4.39. The van der Waals surface area contributed by atoms with Crippen molar-refractivity contribution in [3.05, 3.63) is 64.4 Å². The Labute approximate surface area is 131 Å². The second-order valence-electron chi connectivity index (χ2n) is 4.75. The van der Waals surface area contributed by atoms with E-state index in [-0.39, 0.29) is 24.2 Å². The zero-order valence-corrected chi connectivity index (χ0v) is 12.6. The molecule has 0 saturated heterocycles. The van der Waals surface area contributed by atoms with Gasteiger partial charge in [0, 0.05) is 23.2 Å². The summed E-state index contributed by atoms with van der Waals surface area (Å²) in [5.41, 5.74) is 1.27. The lowest BCUT2D eigenvalue weighted by molar-refractivity contribution is -0.0498. The molecule has 1 atom stereocenters. The quantitative estimate of drug-likeness (QED) is 0.811. The molecule has 0 spiro atoms. The van der Waals surface area contributed by atoms with Crippen LogP contribution in [0.25, 0.3) is 0 Å². The second kappa shape index (κ2) is 7.51. The van der Waals surface area contributed by atoms with Gasteiger partial charge in [-0.05, 0) is 36.8 Å². The molecule has 0 aliphatic rings. The van der Waals surface area contributed by atoms with E-state index in [1.807, 2.05) is 6.92 Å². The van der Waals surface area contributed by atoms with Crippen LogP contribution < -0.4 is 10.1 Å². The first-order chi connectivity index (χ1) is 10.5. The lowest BCUT2D eigenvalue weighted by Crippen LogP contribution is -2.19. The number of nitrogens with one attached hydrogen (secondary N) is 1. The molecule has 118 valence electrons. The van der Waals surface area contributed by atoms with Gasteiger partial charge < -0.3 is 10.1 Å². The summed E-state index contributed by atoms with van der Waals surface area (Å²) in [5.74, 6) is -0.268. The highest BCUT2D eigenvalue weighted by molar-refractivity contribution is 6.31. The second-order valence-corrected chi connectivity index (χ2v) is 5.16. The predicted octanol–water partition coefficient (Wildman–Crippen LogP) is 4.93. The molecule has 2 rings (SSSR count). The summed E-state index contributed by atoms with van der Waals surface area (Å²) in [4.78, 5) is 0. The van der Waals surface area contributed by atoms with Crippen LogP contribution in [0.5, 0.6) is 5.75 Å². The van der Waals surface area contributed by atoms with Crippen molar-refractivity contribution in [3.63, 3.8) is 0 Å². The third-order valence-corrected chi connectivity index (χ3v) is 3.61. The van der Waals surface area contributed by atoms with Gasteiger partial charge in [-0.15, -0.1) is 0 Å². The zero-order chi connectivity index (χ0) is 16.1. The number of rotatable bonds is 6. The van der Waals surface area contributed by atoms with Gasteiger partial charge in [0.05, 0.1) is 0 Å². The highest BCUT2D eigenvalue weighted by atomic mass is 35.5. The van der Waals surface area contributed by atoms with Crippen LogP contribution in [0, 0.1) is 5.82 Å². The van der Waals surface area contributed by atoms with Gasteiger partial charge in [0.1, 0.15) is 11.6 Å². The van der Waals surface area contributed by atoms with Crippen molar-refractivity contribution in [3.8, 4) is 5.75 Å². The van der Waals surface area contributed by atoms with Gasteiger partial charge in [0.25, 0.3) is 0 Å². The minimum Gasteiger partial charge on any atom is -0.435 e. The van der Waals surface area contributed by atoms with Gasteiger partial charge in [-0.25, -0.2) is 4.39 Å². The molecule has 1 unspecified atom stereocenters. The summed E-state index contributed by atoms with van der Waals surface area (Å²) in [6.07, 6.45) is 0. The summed E-state index contributed by atoms with van der Waals surface area (Å²) >= 11 is 5.96. The van der Waals surface area contributed by atoms with E-state index in [0.29, 0.717) is 10.6 Å². The zero-order valence-electron chi connectivity index (χ0n) is 11.8. The van der Waals surface area contributed by atoms with E-state index in [1.165, 1.54) is 18.2 Å². The van der Waals surface area contributed by atoms with Crippen LogP contribution >= 0.6 is 11.6 Å². The summed E-state index contributed by atoms with van der Waals surface area (Å²) in [5, 5.41) is 3.51. The smallest absolute Gasteiger partial charge is 0.387 e. The Hall–Kier alpha value is -1.72. The van der Waals surface area contributed by atoms with Crippen LogP contribution in [0.1, 0.15) is 24.1 Å². The highest BCUT2D eigenvalue weighted by Crippen LogP contribution is 2.22. The highest BCUT2D eigenvalue weighted by Gasteiger charge is 2.11. The molecule has 0 aliphatic carbocycles. The van der Waals surface area contributed by atoms with Crippen LogP contribution in [0.3, 0.4) is 0 Å². The van der Waals surface area contributed by atoms with Crippen molar-refractivity contribution in [1.29, 1.82) is 0 Å². The molecule has 1 N–H and O–H groups in total. The van der Waals surface area contributed by atoms with E-state index in [4.69, 9.17) is 11.6 Å². The summed E-state index contributed by atoms with van der Waals surface area (Å²) in [6, 6.07) is 10.7. The average Bonchev–Trinajstić information content (AvgIpc) is 2.46. The van der Waals surface area contributed by atoms with E-state index in [2.05, 4.69) is 10.1 Å². The molecule has 22 heavy (non-hydrogen) atoms. The molecule has 2 aromatic rings. The van der Waals surface area contributed by atoms with E-state index in [0.717, 1.165) is 5.56 Å². The van der Waals surface area contributed by atoms with Crippen molar-refractivity contribution in [1.82, 2.24) is 5.32 Å². The molecule has 2 aromatic carbocycles. The van der Waals surface area contributed by atoms with Crippen LogP contribution in [0.2, 0.25) is 5.02 Å². The number of ether oxygens (including phenoxy) is 1. The van der Waals surface area contributed by atoms with Crippen molar-refractivity contribution in [2.24, 2.45) is 0 Å². The van der Waals surface area contributed by atoms with E-state index in [1.54, 1.807) is 24.3 Å². The Kier molecular flexibility index (Phi) is 5.69. The number of benzene rings is 2. The molecule has 0 aliphatic heterocycles. The van der Waals surface area contributed by atoms with Gasteiger partial charge in [0.2, 0.25) is 0 Å². The number of hydrogen-bond acceptors (Lipinski definition) is 2. The summed E-state index contributed by atoms with van der Waals surface area (Å²) in [6.45, 7) is -0.691. The van der Waals surface area contributed by atoms with Crippen LogP contribution in [-0.2, 0) is 6.54 Å². The maximum absolute atomic E-state index is 13.7. The fraction of sp³-hybridized carbons (Fsp3) is 0.250. The Bertz CT molecular complexity index is 599. The molecule has 0 bridgehead atoms. The Morgan fingerprint density at radius 1 is 1.14 bits per heavy atom. The van der Waals surface area contributed by atoms with Gasteiger partial charge in [0.15, 0.2) is 0 Å². The van der Waals surface area contributed by atoms with Gasteiger partial charge in [-0.1, -0.05) is 29.8 Å².